The molecule has 8 nitrogen and oxygen atoms in total. The predicted octanol–water partition coefficient (Wildman–Crippen LogP) is 4.77. The maximum Gasteiger partial charge on any atom is 0.237 e. The Labute approximate surface area is 275 Å². The van der Waals surface area contributed by atoms with Crippen molar-refractivity contribution in [3.8, 4) is 0 Å². The molecule has 0 saturated carbocycles. The van der Waals surface area contributed by atoms with Gasteiger partial charge >= 0.3 is 0 Å². The summed E-state index contributed by atoms with van der Waals surface area (Å²) in [5.74, 6) is -1.66. The minimum absolute atomic E-state index is 0.0694. The zero-order chi connectivity index (χ0) is 31.3. The third-order valence-corrected chi connectivity index (χ3v) is 10.6. The summed E-state index contributed by atoms with van der Waals surface area (Å²) >= 11 is 14.9. The molecule has 0 radical (unpaired) electrons. The fourth-order valence-electron chi connectivity index (χ4n) is 6.87. The van der Waals surface area contributed by atoms with Gasteiger partial charge in [0.05, 0.1) is 16.1 Å². The Hall–Kier alpha value is -1.99. The van der Waals surface area contributed by atoms with E-state index in [9.17, 15) is 18.8 Å². The number of rotatable bonds is 6. The summed E-state index contributed by atoms with van der Waals surface area (Å²) in [5, 5.41) is 10.2. The van der Waals surface area contributed by atoms with Crippen molar-refractivity contribution in [2.45, 2.75) is 57.5 Å². The lowest BCUT2D eigenvalue weighted by atomic mass is 9.62. The van der Waals surface area contributed by atoms with Crippen LogP contribution in [0.4, 0.5) is 10.1 Å². The van der Waals surface area contributed by atoms with Crippen LogP contribution in [0.5, 0.6) is 0 Å². The van der Waals surface area contributed by atoms with Gasteiger partial charge in [0.2, 0.25) is 17.7 Å². The molecular formula is C31H37Cl2FIN5O3. The van der Waals surface area contributed by atoms with Crippen LogP contribution in [-0.4, -0.2) is 78.9 Å². The van der Waals surface area contributed by atoms with E-state index in [1.54, 1.807) is 19.1 Å². The van der Waals surface area contributed by atoms with E-state index in [0.29, 0.717) is 48.9 Å². The predicted molar refractivity (Wildman–Crippen MR) is 175 cm³/mol. The van der Waals surface area contributed by atoms with E-state index in [1.807, 2.05) is 11.0 Å². The Morgan fingerprint density at radius 3 is 2.44 bits per heavy atom. The van der Waals surface area contributed by atoms with E-state index >= 15 is 0 Å². The molecule has 2 fully saturated rings. The van der Waals surface area contributed by atoms with E-state index in [4.69, 9.17) is 23.2 Å². The lowest BCUT2D eigenvalue weighted by Gasteiger charge is -2.37. The first-order chi connectivity index (χ1) is 20.2. The van der Waals surface area contributed by atoms with Crippen molar-refractivity contribution in [2.75, 3.05) is 44.6 Å². The molecule has 4 atom stereocenters. The van der Waals surface area contributed by atoms with Crippen molar-refractivity contribution in [1.29, 1.82) is 0 Å². The molecule has 43 heavy (non-hydrogen) atoms. The zero-order valence-corrected chi connectivity index (χ0v) is 28.4. The van der Waals surface area contributed by atoms with Crippen LogP contribution in [0.3, 0.4) is 0 Å². The lowest BCUT2D eigenvalue weighted by molar-refractivity contribution is -0.130. The highest BCUT2D eigenvalue weighted by Crippen LogP contribution is 2.57. The van der Waals surface area contributed by atoms with Crippen LogP contribution in [0, 0.1) is 14.8 Å². The molecule has 5 rings (SSSR count). The minimum Gasteiger partial charge on any atom is -0.353 e. The van der Waals surface area contributed by atoms with Crippen molar-refractivity contribution in [1.82, 2.24) is 20.4 Å². The topological polar surface area (TPSA) is 93.8 Å². The van der Waals surface area contributed by atoms with Crippen LogP contribution in [0.2, 0.25) is 10.0 Å². The number of nitrogens with zero attached hydrogens (tertiary/aromatic N) is 2. The Kier molecular flexibility index (Phi) is 9.36. The fraction of sp³-hybridized carbons (Fsp3) is 0.516. The van der Waals surface area contributed by atoms with Gasteiger partial charge in [0.25, 0.3) is 0 Å². The zero-order valence-electron chi connectivity index (χ0n) is 24.7. The van der Waals surface area contributed by atoms with Crippen LogP contribution < -0.4 is 16.0 Å². The van der Waals surface area contributed by atoms with Crippen LogP contribution in [-0.2, 0) is 19.8 Å². The van der Waals surface area contributed by atoms with E-state index < -0.39 is 29.2 Å². The molecule has 3 aliphatic rings. The van der Waals surface area contributed by atoms with Crippen LogP contribution in [0.15, 0.2) is 30.3 Å². The van der Waals surface area contributed by atoms with Gasteiger partial charge in [0.1, 0.15) is 11.2 Å². The number of anilines is 1. The number of hydrogen-bond acceptors (Lipinski definition) is 5. The van der Waals surface area contributed by atoms with Gasteiger partial charge in [-0.25, -0.2) is 4.39 Å². The Balaban J connectivity index is 1.51. The number of hydrogen-bond donors (Lipinski definition) is 3. The second-order valence-electron chi connectivity index (χ2n) is 12.9. The van der Waals surface area contributed by atoms with Crippen molar-refractivity contribution in [2.24, 2.45) is 5.41 Å². The third kappa shape index (κ3) is 6.27. The van der Waals surface area contributed by atoms with E-state index in [1.165, 1.54) is 12.1 Å². The Morgan fingerprint density at radius 1 is 1.12 bits per heavy atom. The molecule has 2 saturated heterocycles. The summed E-state index contributed by atoms with van der Waals surface area (Å²) in [6.45, 7) is 11.7. The normalized spacial score (nSPS) is 25.6. The summed E-state index contributed by atoms with van der Waals surface area (Å²) in [4.78, 5) is 44.1. The van der Waals surface area contributed by atoms with Crippen molar-refractivity contribution in [3.05, 3.63) is 60.9 Å². The minimum atomic E-state index is -1.18. The molecule has 1 spiro atoms. The number of fused-ring (bicyclic) bond motifs is 2. The standard InChI is InChI=1S/C31H37Cl2FIN5O3/c1-17(41)40-11-9-39(10-12-40)8-7-36-28(42)27-26(18-5-6-22(34)20(32)13-18)31(25(38-27)16-30(2,3)4)19-14-23(35)21(33)15-24(19)37-29(31)43/h5-6,13-15,25-27,38H,7-12,16H2,1-4H3,(H,36,42)(H,37,43)/t25-,26+,27-,31+/m1/s1. The largest absolute Gasteiger partial charge is 0.353 e. The smallest absolute Gasteiger partial charge is 0.237 e. The molecule has 12 heteroatoms. The van der Waals surface area contributed by atoms with Gasteiger partial charge in [-0.15, -0.1) is 0 Å². The number of carbonyl (C=O) groups excluding carboxylic acids is 3. The molecule has 3 amide bonds. The first-order valence-corrected chi connectivity index (χ1v) is 16.3. The SMILES string of the molecule is CC(=O)N1CCN(CCNC(=O)[C@@H]2N[C@H](CC(C)(C)C)[C@]3(C(=O)Nc4cc(Cl)c(I)cc43)[C@H]2c2ccc(F)c(Cl)c2)CC1. The Morgan fingerprint density at radius 2 is 1.81 bits per heavy atom. The molecule has 2 aromatic rings. The highest BCUT2D eigenvalue weighted by Gasteiger charge is 2.65. The lowest BCUT2D eigenvalue weighted by Crippen LogP contribution is -2.51. The molecule has 0 aliphatic carbocycles. The number of piperazine rings is 1. The van der Waals surface area contributed by atoms with Gasteiger partial charge in [0, 0.05) is 67.4 Å². The molecular weight excluding hydrogens is 707 g/mol. The van der Waals surface area contributed by atoms with Gasteiger partial charge < -0.3 is 20.9 Å². The molecule has 0 bridgehead atoms. The van der Waals surface area contributed by atoms with Crippen LogP contribution in [0.25, 0.3) is 0 Å². The molecule has 3 N–H and O–H groups in total. The van der Waals surface area contributed by atoms with E-state index in [-0.39, 0.29) is 28.2 Å². The highest BCUT2D eigenvalue weighted by molar-refractivity contribution is 14.1. The highest BCUT2D eigenvalue weighted by atomic mass is 127. The monoisotopic (exact) mass is 743 g/mol. The first kappa shape index (κ1) is 32.4. The molecule has 0 aromatic heterocycles. The maximum atomic E-state index is 14.4. The van der Waals surface area contributed by atoms with Gasteiger partial charge in [-0.2, -0.15) is 0 Å². The summed E-state index contributed by atoms with van der Waals surface area (Å²) in [6.07, 6.45) is 0.592. The van der Waals surface area contributed by atoms with Gasteiger partial charge in [-0.3, -0.25) is 19.3 Å². The molecule has 3 heterocycles. The first-order valence-electron chi connectivity index (χ1n) is 14.5. The van der Waals surface area contributed by atoms with Gasteiger partial charge in [-0.05, 0) is 69.8 Å². The summed E-state index contributed by atoms with van der Waals surface area (Å²) in [7, 11) is 0. The van der Waals surface area contributed by atoms with Crippen molar-refractivity contribution < 1.29 is 18.8 Å². The maximum absolute atomic E-state index is 14.4. The van der Waals surface area contributed by atoms with Gasteiger partial charge in [0.15, 0.2) is 0 Å². The molecule has 0 unspecified atom stereocenters. The number of nitrogens with one attached hydrogen (secondary N) is 3. The summed E-state index contributed by atoms with van der Waals surface area (Å²) in [6, 6.07) is 6.90. The van der Waals surface area contributed by atoms with Crippen LogP contribution >= 0.6 is 45.8 Å². The molecule has 232 valence electrons. The summed E-state index contributed by atoms with van der Waals surface area (Å²) < 4.78 is 15.2. The molecule has 2 aromatic carbocycles. The second-order valence-corrected chi connectivity index (χ2v) is 14.9. The number of amides is 3. The Bertz CT molecular complexity index is 1450. The van der Waals surface area contributed by atoms with E-state index in [2.05, 4.69) is 64.2 Å². The summed E-state index contributed by atoms with van der Waals surface area (Å²) in [5.41, 5.74) is 0.603. The van der Waals surface area contributed by atoms with E-state index in [0.717, 1.165) is 22.2 Å². The molecule has 3 aliphatic heterocycles. The van der Waals surface area contributed by atoms with Gasteiger partial charge in [-0.1, -0.05) is 50.0 Å². The third-order valence-electron chi connectivity index (χ3n) is 8.83. The second kappa shape index (κ2) is 12.4. The quantitative estimate of drug-likeness (QED) is 0.371. The fourth-order valence-corrected chi connectivity index (χ4v) is 7.69. The average Bonchev–Trinajstić information content (AvgIpc) is 3.40. The number of benzene rings is 2. The van der Waals surface area contributed by atoms with Crippen LogP contribution in [0.1, 0.15) is 51.2 Å². The van der Waals surface area contributed by atoms with Crippen molar-refractivity contribution in [3.63, 3.8) is 0 Å². The number of halogens is 4. The average molecular weight is 744 g/mol. The van der Waals surface area contributed by atoms with Crippen molar-refractivity contribution >= 4 is 69.2 Å². The number of carbonyl (C=O) groups is 3.